The van der Waals surface area contributed by atoms with Crippen molar-refractivity contribution in [2.45, 2.75) is 51.9 Å². The highest BCUT2D eigenvalue weighted by Crippen LogP contribution is 2.23. The maximum atomic E-state index is 9.34. The zero-order valence-electron chi connectivity index (χ0n) is 11.2. The lowest BCUT2D eigenvalue weighted by Gasteiger charge is -2.07. The number of benzene rings is 1. The summed E-state index contributed by atoms with van der Waals surface area (Å²) in [5, 5.41) is 18.7. The number of aliphatic hydroxyl groups is 2. The zero-order chi connectivity index (χ0) is 13.2. The summed E-state index contributed by atoms with van der Waals surface area (Å²) < 4.78 is 0. The smallest absolute Gasteiger partial charge is 0.278 e. The standard InChI is InChI=1S/C16H24O2/c1-2-3-4-5-6-10-13-15(16(17)18)14-11-8-7-9-12-14/h7-9,11-12,17-18H,2-6,10,13H2,1H3. The van der Waals surface area contributed by atoms with Gasteiger partial charge in [0.15, 0.2) is 0 Å². The highest BCUT2D eigenvalue weighted by molar-refractivity contribution is 5.65. The Labute approximate surface area is 110 Å². The molecular weight excluding hydrogens is 224 g/mol. The second-order valence-electron chi connectivity index (χ2n) is 4.69. The van der Waals surface area contributed by atoms with E-state index in [1.807, 2.05) is 30.3 Å². The summed E-state index contributed by atoms with van der Waals surface area (Å²) in [5.41, 5.74) is 1.57. The SMILES string of the molecule is CCCCCCCCC(=C(O)O)c1ccccc1. The highest BCUT2D eigenvalue weighted by atomic mass is 16.5. The molecule has 0 atom stereocenters. The van der Waals surface area contributed by atoms with Crippen molar-refractivity contribution >= 4 is 5.57 Å². The molecular formula is C16H24O2. The number of rotatable bonds is 8. The molecule has 0 bridgehead atoms. The molecule has 0 aliphatic carbocycles. The average Bonchev–Trinajstić information content (AvgIpc) is 2.38. The van der Waals surface area contributed by atoms with E-state index in [0.29, 0.717) is 5.57 Å². The first-order valence-electron chi connectivity index (χ1n) is 6.92. The molecule has 0 fully saturated rings. The molecule has 100 valence electrons. The second-order valence-corrected chi connectivity index (χ2v) is 4.69. The van der Waals surface area contributed by atoms with Crippen LogP contribution in [-0.4, -0.2) is 10.2 Å². The van der Waals surface area contributed by atoms with Crippen molar-refractivity contribution in [1.82, 2.24) is 0 Å². The zero-order valence-corrected chi connectivity index (χ0v) is 11.2. The third-order valence-electron chi connectivity index (χ3n) is 3.17. The van der Waals surface area contributed by atoms with Gasteiger partial charge in [-0.3, -0.25) is 0 Å². The van der Waals surface area contributed by atoms with E-state index in [1.54, 1.807) is 0 Å². The summed E-state index contributed by atoms with van der Waals surface area (Å²) >= 11 is 0. The molecule has 0 spiro atoms. The Morgan fingerprint density at radius 2 is 1.50 bits per heavy atom. The Morgan fingerprint density at radius 3 is 2.11 bits per heavy atom. The molecule has 18 heavy (non-hydrogen) atoms. The number of unbranched alkanes of at least 4 members (excludes halogenated alkanes) is 5. The fourth-order valence-corrected chi connectivity index (χ4v) is 2.11. The first-order valence-corrected chi connectivity index (χ1v) is 6.92. The lowest BCUT2D eigenvalue weighted by Crippen LogP contribution is -1.92. The Kier molecular flexibility index (Phi) is 7.00. The molecule has 0 unspecified atom stereocenters. The van der Waals surface area contributed by atoms with Gasteiger partial charge in [0, 0.05) is 5.57 Å². The lowest BCUT2D eigenvalue weighted by molar-refractivity contribution is 0.193. The van der Waals surface area contributed by atoms with E-state index in [1.165, 1.54) is 25.7 Å². The summed E-state index contributed by atoms with van der Waals surface area (Å²) in [6.45, 7) is 2.21. The minimum Gasteiger partial charge on any atom is -0.481 e. The van der Waals surface area contributed by atoms with Crippen LogP contribution in [-0.2, 0) is 0 Å². The summed E-state index contributed by atoms with van der Waals surface area (Å²) in [6.07, 6.45) is 7.98. The van der Waals surface area contributed by atoms with Gasteiger partial charge in [0.25, 0.3) is 5.95 Å². The third-order valence-corrected chi connectivity index (χ3v) is 3.17. The third kappa shape index (κ3) is 5.26. The monoisotopic (exact) mass is 248 g/mol. The molecule has 0 aromatic heterocycles. The van der Waals surface area contributed by atoms with Crippen LogP contribution in [0, 0.1) is 0 Å². The highest BCUT2D eigenvalue weighted by Gasteiger charge is 2.07. The van der Waals surface area contributed by atoms with Gasteiger partial charge in [-0.15, -0.1) is 0 Å². The van der Waals surface area contributed by atoms with Gasteiger partial charge in [0.2, 0.25) is 0 Å². The van der Waals surface area contributed by atoms with Crippen LogP contribution in [0.4, 0.5) is 0 Å². The van der Waals surface area contributed by atoms with Crippen molar-refractivity contribution in [3.63, 3.8) is 0 Å². The predicted molar refractivity (Wildman–Crippen MR) is 76.6 cm³/mol. The van der Waals surface area contributed by atoms with E-state index < -0.39 is 5.95 Å². The average molecular weight is 248 g/mol. The number of aliphatic hydroxyl groups excluding tert-OH is 1. The molecule has 0 saturated heterocycles. The fraction of sp³-hybridized carbons (Fsp3) is 0.500. The van der Waals surface area contributed by atoms with Gasteiger partial charge in [0.1, 0.15) is 0 Å². The molecule has 0 radical (unpaired) electrons. The van der Waals surface area contributed by atoms with E-state index in [0.717, 1.165) is 24.8 Å². The Balaban J connectivity index is 2.40. The Bertz CT molecular complexity index is 351. The second kappa shape index (κ2) is 8.62. The van der Waals surface area contributed by atoms with Crippen molar-refractivity contribution in [1.29, 1.82) is 0 Å². The van der Waals surface area contributed by atoms with Crippen LogP contribution < -0.4 is 0 Å². The normalized spacial score (nSPS) is 10.3. The van der Waals surface area contributed by atoms with E-state index >= 15 is 0 Å². The molecule has 1 aromatic rings. The molecule has 0 heterocycles. The van der Waals surface area contributed by atoms with Crippen LogP contribution in [0.2, 0.25) is 0 Å². The molecule has 1 rings (SSSR count). The van der Waals surface area contributed by atoms with E-state index in [2.05, 4.69) is 6.92 Å². The van der Waals surface area contributed by atoms with Crippen LogP contribution in [0.25, 0.3) is 5.57 Å². The van der Waals surface area contributed by atoms with Crippen LogP contribution in [0.5, 0.6) is 0 Å². The largest absolute Gasteiger partial charge is 0.481 e. The van der Waals surface area contributed by atoms with Crippen molar-refractivity contribution in [2.75, 3.05) is 0 Å². The van der Waals surface area contributed by atoms with Crippen LogP contribution in [0.3, 0.4) is 0 Å². The van der Waals surface area contributed by atoms with Gasteiger partial charge in [-0.05, 0) is 18.4 Å². The van der Waals surface area contributed by atoms with E-state index in [4.69, 9.17) is 0 Å². The molecule has 0 amide bonds. The van der Waals surface area contributed by atoms with Gasteiger partial charge in [-0.1, -0.05) is 69.4 Å². The predicted octanol–water partition coefficient (Wildman–Crippen LogP) is 5.22. The molecule has 2 nitrogen and oxygen atoms in total. The number of hydrogen-bond donors (Lipinski definition) is 2. The van der Waals surface area contributed by atoms with Crippen molar-refractivity contribution in [2.24, 2.45) is 0 Å². The van der Waals surface area contributed by atoms with Gasteiger partial charge in [0.05, 0.1) is 0 Å². The maximum Gasteiger partial charge on any atom is 0.278 e. The number of allylic oxidation sites excluding steroid dienone is 1. The molecule has 2 N–H and O–H groups in total. The van der Waals surface area contributed by atoms with Gasteiger partial charge < -0.3 is 10.2 Å². The molecule has 0 aliphatic rings. The van der Waals surface area contributed by atoms with Crippen molar-refractivity contribution in [3.8, 4) is 0 Å². The van der Waals surface area contributed by atoms with Crippen molar-refractivity contribution < 1.29 is 10.2 Å². The van der Waals surface area contributed by atoms with Crippen LogP contribution >= 0.6 is 0 Å². The van der Waals surface area contributed by atoms with Crippen LogP contribution in [0.15, 0.2) is 36.3 Å². The van der Waals surface area contributed by atoms with E-state index in [-0.39, 0.29) is 0 Å². The first kappa shape index (κ1) is 14.6. The summed E-state index contributed by atoms with van der Waals surface area (Å²) in [7, 11) is 0. The van der Waals surface area contributed by atoms with Gasteiger partial charge >= 0.3 is 0 Å². The number of hydrogen-bond acceptors (Lipinski definition) is 2. The fourth-order valence-electron chi connectivity index (χ4n) is 2.11. The minimum absolute atomic E-state index is 0.533. The summed E-state index contributed by atoms with van der Waals surface area (Å²) in [4.78, 5) is 0. The summed E-state index contributed by atoms with van der Waals surface area (Å²) in [6, 6.07) is 9.59. The first-order chi connectivity index (χ1) is 8.75. The van der Waals surface area contributed by atoms with Crippen molar-refractivity contribution in [3.05, 3.63) is 41.8 Å². The topological polar surface area (TPSA) is 40.5 Å². The molecule has 0 aliphatic heterocycles. The lowest BCUT2D eigenvalue weighted by atomic mass is 9.99. The Hall–Kier alpha value is -1.44. The van der Waals surface area contributed by atoms with Gasteiger partial charge in [-0.2, -0.15) is 0 Å². The quantitative estimate of drug-likeness (QED) is 0.489. The molecule has 2 heteroatoms. The van der Waals surface area contributed by atoms with Crippen LogP contribution in [0.1, 0.15) is 57.4 Å². The summed E-state index contributed by atoms with van der Waals surface area (Å²) in [5.74, 6) is -0.533. The van der Waals surface area contributed by atoms with Gasteiger partial charge in [-0.25, -0.2) is 0 Å². The Morgan fingerprint density at radius 1 is 0.889 bits per heavy atom. The molecule has 1 aromatic carbocycles. The maximum absolute atomic E-state index is 9.34. The minimum atomic E-state index is -0.533. The van der Waals surface area contributed by atoms with E-state index in [9.17, 15) is 10.2 Å². The molecule has 0 saturated carbocycles.